The molecule has 0 radical (unpaired) electrons. The number of aromatic nitrogens is 1. The molecule has 4 aromatic rings. The first-order valence-corrected chi connectivity index (χ1v) is 14.3. The Bertz CT molecular complexity index is 1770. The molecule has 0 N–H and O–H groups in total. The Kier molecular flexibility index (Phi) is 8.16. The lowest BCUT2D eigenvalue weighted by Crippen LogP contribution is -2.39. The average Bonchev–Trinajstić information content (AvgIpc) is 3.26. The second-order valence-electron chi connectivity index (χ2n) is 9.35. The second kappa shape index (κ2) is 11.9. The summed E-state index contributed by atoms with van der Waals surface area (Å²) in [6, 6.07) is 18.8. The lowest BCUT2D eigenvalue weighted by molar-refractivity contribution is -0.139. The lowest BCUT2D eigenvalue weighted by Gasteiger charge is -2.24. The zero-order valence-electron chi connectivity index (χ0n) is 23.1. The number of ether oxygens (including phenoxy) is 3. The normalized spacial score (nSPS) is 15.1. The molecule has 5 rings (SSSR count). The van der Waals surface area contributed by atoms with Crippen molar-refractivity contribution in [2.75, 3.05) is 19.8 Å². The molecular formula is C32H32N2O5S. The summed E-state index contributed by atoms with van der Waals surface area (Å²) in [5.41, 5.74) is 2.26. The van der Waals surface area contributed by atoms with Crippen LogP contribution < -0.4 is 24.4 Å². The molecule has 1 atom stereocenters. The van der Waals surface area contributed by atoms with Crippen LogP contribution in [0, 0.1) is 0 Å². The van der Waals surface area contributed by atoms with Crippen LogP contribution >= 0.6 is 11.3 Å². The van der Waals surface area contributed by atoms with Crippen molar-refractivity contribution in [3.63, 3.8) is 0 Å². The number of hydrogen-bond acceptors (Lipinski definition) is 7. The van der Waals surface area contributed by atoms with Gasteiger partial charge >= 0.3 is 5.97 Å². The van der Waals surface area contributed by atoms with Crippen LogP contribution in [-0.2, 0) is 9.53 Å². The molecule has 2 heterocycles. The lowest BCUT2D eigenvalue weighted by atomic mass is 9.96. The highest BCUT2D eigenvalue weighted by Gasteiger charge is 2.33. The summed E-state index contributed by atoms with van der Waals surface area (Å²) in [5, 5.41) is 2.05. The van der Waals surface area contributed by atoms with E-state index in [0.717, 1.165) is 34.1 Å². The van der Waals surface area contributed by atoms with Gasteiger partial charge in [-0.25, -0.2) is 9.79 Å². The first kappa shape index (κ1) is 27.4. The third kappa shape index (κ3) is 5.19. The number of allylic oxidation sites excluding steroid dienone is 1. The smallest absolute Gasteiger partial charge is 0.338 e. The van der Waals surface area contributed by atoms with E-state index in [0.29, 0.717) is 39.6 Å². The molecule has 0 saturated heterocycles. The molecule has 1 aromatic heterocycles. The van der Waals surface area contributed by atoms with Crippen molar-refractivity contribution in [3.05, 3.63) is 103 Å². The molecule has 0 amide bonds. The Morgan fingerprint density at radius 2 is 1.77 bits per heavy atom. The van der Waals surface area contributed by atoms with E-state index < -0.39 is 12.0 Å². The molecule has 8 heteroatoms. The van der Waals surface area contributed by atoms with Crippen LogP contribution in [0.3, 0.4) is 0 Å². The molecule has 1 aliphatic heterocycles. The van der Waals surface area contributed by atoms with Crippen LogP contribution in [0.5, 0.6) is 11.5 Å². The molecule has 1 aliphatic rings. The van der Waals surface area contributed by atoms with Gasteiger partial charge in [-0.1, -0.05) is 60.7 Å². The van der Waals surface area contributed by atoms with Crippen molar-refractivity contribution in [2.24, 2.45) is 4.99 Å². The zero-order valence-corrected chi connectivity index (χ0v) is 23.9. The van der Waals surface area contributed by atoms with Crippen molar-refractivity contribution < 1.29 is 19.0 Å². The minimum Gasteiger partial charge on any atom is -0.494 e. The predicted molar refractivity (Wildman–Crippen MR) is 158 cm³/mol. The van der Waals surface area contributed by atoms with Crippen LogP contribution in [0.1, 0.15) is 51.3 Å². The summed E-state index contributed by atoms with van der Waals surface area (Å²) in [6.07, 6.45) is 2.75. The van der Waals surface area contributed by atoms with Gasteiger partial charge in [0.15, 0.2) is 4.80 Å². The predicted octanol–water partition coefficient (Wildman–Crippen LogP) is 5.14. The summed E-state index contributed by atoms with van der Waals surface area (Å²) >= 11 is 1.30. The van der Waals surface area contributed by atoms with E-state index in [1.807, 2.05) is 73.7 Å². The van der Waals surface area contributed by atoms with Crippen molar-refractivity contribution in [1.29, 1.82) is 0 Å². The summed E-state index contributed by atoms with van der Waals surface area (Å²) in [7, 11) is 0. The van der Waals surface area contributed by atoms with Crippen molar-refractivity contribution in [3.8, 4) is 11.5 Å². The van der Waals surface area contributed by atoms with Crippen molar-refractivity contribution in [1.82, 2.24) is 4.57 Å². The van der Waals surface area contributed by atoms with Crippen LogP contribution in [0.15, 0.2) is 81.7 Å². The number of fused-ring (bicyclic) bond motifs is 2. The number of carbonyl (C=O) groups excluding carboxylic acids is 1. The Labute approximate surface area is 236 Å². The molecule has 0 aliphatic carbocycles. The van der Waals surface area contributed by atoms with Crippen molar-refractivity contribution in [2.45, 2.75) is 40.2 Å². The summed E-state index contributed by atoms with van der Waals surface area (Å²) in [5.74, 6) is 0.951. The molecule has 0 bridgehead atoms. The molecule has 7 nitrogen and oxygen atoms in total. The van der Waals surface area contributed by atoms with Gasteiger partial charge in [0.1, 0.15) is 11.5 Å². The maximum absolute atomic E-state index is 14.1. The number of nitrogens with zero attached hydrogens (tertiary/aromatic N) is 2. The zero-order chi connectivity index (χ0) is 28.2. The molecule has 0 unspecified atom stereocenters. The van der Waals surface area contributed by atoms with Gasteiger partial charge in [-0.15, -0.1) is 0 Å². The van der Waals surface area contributed by atoms with Crippen molar-refractivity contribution >= 4 is 34.2 Å². The third-order valence-electron chi connectivity index (χ3n) is 6.69. The molecule has 3 aromatic carbocycles. The van der Waals surface area contributed by atoms with E-state index in [-0.39, 0.29) is 12.2 Å². The van der Waals surface area contributed by atoms with Gasteiger partial charge in [0.2, 0.25) is 0 Å². The largest absolute Gasteiger partial charge is 0.494 e. The average molecular weight is 557 g/mol. The maximum Gasteiger partial charge on any atom is 0.338 e. The number of hydrogen-bond donors (Lipinski definition) is 0. The van der Waals surface area contributed by atoms with Gasteiger partial charge in [-0.3, -0.25) is 9.36 Å². The van der Waals surface area contributed by atoms with Gasteiger partial charge < -0.3 is 14.2 Å². The minimum atomic E-state index is -0.684. The molecule has 0 fully saturated rings. The van der Waals surface area contributed by atoms with Crippen LogP contribution in [0.2, 0.25) is 0 Å². The van der Waals surface area contributed by atoms with E-state index in [4.69, 9.17) is 19.2 Å². The summed E-state index contributed by atoms with van der Waals surface area (Å²) in [6.45, 7) is 8.86. The van der Waals surface area contributed by atoms with Gasteiger partial charge in [0, 0.05) is 5.56 Å². The van der Waals surface area contributed by atoms with Gasteiger partial charge in [-0.05, 0) is 67.8 Å². The molecule has 40 heavy (non-hydrogen) atoms. The number of esters is 1. The Hall–Kier alpha value is -4.17. The van der Waals surface area contributed by atoms with E-state index in [1.165, 1.54) is 11.3 Å². The van der Waals surface area contributed by atoms with Gasteiger partial charge in [0.25, 0.3) is 5.56 Å². The Balaban J connectivity index is 1.73. The first-order chi connectivity index (χ1) is 19.5. The summed E-state index contributed by atoms with van der Waals surface area (Å²) in [4.78, 5) is 32.5. The first-order valence-electron chi connectivity index (χ1n) is 13.5. The molecular weight excluding hydrogens is 524 g/mol. The fourth-order valence-electron chi connectivity index (χ4n) is 4.91. The van der Waals surface area contributed by atoms with Crippen LogP contribution in [-0.4, -0.2) is 30.4 Å². The fraction of sp³-hybridized carbons (Fsp3) is 0.281. The van der Waals surface area contributed by atoms with E-state index in [9.17, 15) is 9.59 Å². The topological polar surface area (TPSA) is 79.1 Å². The Morgan fingerprint density at radius 1 is 1.00 bits per heavy atom. The van der Waals surface area contributed by atoms with E-state index in [1.54, 1.807) is 18.4 Å². The monoisotopic (exact) mass is 556 g/mol. The third-order valence-corrected chi connectivity index (χ3v) is 7.67. The maximum atomic E-state index is 14.1. The standard InChI is InChI=1S/C32H32N2O5S/c1-5-18-39-26-17-14-21-10-8-9-11-24(21)25(26)19-27-30(35)34-29(22-12-15-23(16-13-22)37-6-2)28(31(36)38-7-3)20(4)33-32(34)40-27/h8-17,19,29H,5-7,18H2,1-4H3/b27-19+/t29-/m0/s1. The molecule has 0 saturated carbocycles. The van der Waals surface area contributed by atoms with E-state index in [2.05, 4.69) is 6.92 Å². The molecule has 0 spiro atoms. The number of thiazole rings is 1. The minimum absolute atomic E-state index is 0.220. The highest BCUT2D eigenvalue weighted by atomic mass is 32.1. The van der Waals surface area contributed by atoms with Crippen LogP contribution in [0.25, 0.3) is 16.8 Å². The quantitative estimate of drug-likeness (QED) is 0.267. The SMILES string of the molecule is CCCOc1ccc2ccccc2c1/C=c1/sc2n(c1=O)[C@@H](c1ccc(OCC)cc1)C(C(=O)OCC)=C(C)N=2. The summed E-state index contributed by atoms with van der Waals surface area (Å²) < 4.78 is 19.2. The number of rotatable bonds is 9. The van der Waals surface area contributed by atoms with Crippen LogP contribution in [0.4, 0.5) is 0 Å². The number of benzene rings is 3. The molecule has 206 valence electrons. The Morgan fingerprint density at radius 3 is 2.50 bits per heavy atom. The second-order valence-corrected chi connectivity index (χ2v) is 10.4. The highest BCUT2D eigenvalue weighted by Crippen LogP contribution is 2.32. The van der Waals surface area contributed by atoms with Gasteiger partial charge in [0.05, 0.1) is 41.7 Å². The number of carbonyl (C=O) groups is 1. The fourth-order valence-corrected chi connectivity index (χ4v) is 5.94. The van der Waals surface area contributed by atoms with E-state index >= 15 is 0 Å². The highest BCUT2D eigenvalue weighted by molar-refractivity contribution is 7.07. The van der Waals surface area contributed by atoms with Gasteiger partial charge in [-0.2, -0.15) is 0 Å².